The molecule has 0 amide bonds. The summed E-state index contributed by atoms with van der Waals surface area (Å²) in [4.78, 5) is 0. The Morgan fingerprint density at radius 1 is 1.00 bits per heavy atom. The standard InChI is InChI=1S/C27H46O/c1-18(2)7-6-8-19(3)23-11-12-24-22-10-9-20-17-21(28)13-15-26(20,4)25(22)14-16-27(23,24)5/h9,18-19,21-25,28H,6-8,10-17H2,1-5H3/t19-,21+,22-,23-,24+,25+,26+,27-/m1/s1. The van der Waals surface area contributed by atoms with Crippen molar-refractivity contribution in [2.24, 2.45) is 46.3 Å². The average molecular weight is 387 g/mol. The largest absolute Gasteiger partial charge is 0.393 e. The van der Waals surface area contributed by atoms with Gasteiger partial charge in [-0.05, 0) is 97.7 Å². The van der Waals surface area contributed by atoms with Crippen LogP contribution in [0.4, 0.5) is 0 Å². The molecule has 0 aromatic heterocycles. The van der Waals surface area contributed by atoms with Crippen LogP contribution in [0.5, 0.6) is 0 Å². The van der Waals surface area contributed by atoms with Crippen LogP contribution in [0.15, 0.2) is 11.6 Å². The van der Waals surface area contributed by atoms with Crippen molar-refractivity contribution >= 4 is 0 Å². The molecule has 3 saturated carbocycles. The van der Waals surface area contributed by atoms with Crippen LogP contribution in [0.2, 0.25) is 0 Å². The maximum atomic E-state index is 10.2. The third kappa shape index (κ3) is 3.42. The number of fused-ring (bicyclic) bond motifs is 5. The maximum absolute atomic E-state index is 10.2. The second-order valence-corrected chi connectivity index (χ2v) is 12.2. The summed E-state index contributed by atoms with van der Waals surface area (Å²) < 4.78 is 0. The molecule has 0 aromatic rings. The number of rotatable bonds is 5. The molecule has 0 aromatic carbocycles. The number of hydrogen-bond donors (Lipinski definition) is 1. The van der Waals surface area contributed by atoms with Gasteiger partial charge in [0.15, 0.2) is 0 Å². The molecule has 0 saturated heterocycles. The first kappa shape index (κ1) is 21.0. The first-order chi connectivity index (χ1) is 13.3. The number of aliphatic hydroxyl groups is 1. The van der Waals surface area contributed by atoms with Crippen LogP contribution < -0.4 is 0 Å². The van der Waals surface area contributed by atoms with E-state index in [0.717, 1.165) is 48.3 Å². The Bertz CT molecular complexity index is 591. The van der Waals surface area contributed by atoms with Crippen LogP contribution in [0, 0.1) is 46.3 Å². The van der Waals surface area contributed by atoms with Crippen molar-refractivity contribution in [3.63, 3.8) is 0 Å². The van der Waals surface area contributed by atoms with Crippen molar-refractivity contribution in [1.82, 2.24) is 0 Å². The van der Waals surface area contributed by atoms with Crippen molar-refractivity contribution in [2.75, 3.05) is 0 Å². The van der Waals surface area contributed by atoms with Crippen LogP contribution in [0.3, 0.4) is 0 Å². The Balaban J connectivity index is 1.49. The lowest BCUT2D eigenvalue weighted by molar-refractivity contribution is -0.0573. The Hall–Kier alpha value is -0.300. The van der Waals surface area contributed by atoms with Gasteiger partial charge in [0, 0.05) is 0 Å². The summed E-state index contributed by atoms with van der Waals surface area (Å²) >= 11 is 0. The lowest BCUT2D eigenvalue weighted by Crippen LogP contribution is -2.50. The zero-order chi connectivity index (χ0) is 20.1. The Kier molecular flexibility index (Phi) is 5.80. The zero-order valence-corrected chi connectivity index (χ0v) is 19.3. The smallest absolute Gasteiger partial charge is 0.0577 e. The SMILES string of the molecule is CC(C)CCC[C@@H](C)[C@H]1CC[C@H]2[C@H]3CC=C4C[C@@H](O)CC[C@]4(C)[C@H]3CC[C@]12C. The van der Waals surface area contributed by atoms with E-state index in [2.05, 4.69) is 40.7 Å². The number of hydrogen-bond acceptors (Lipinski definition) is 1. The van der Waals surface area contributed by atoms with Crippen LogP contribution in [0.25, 0.3) is 0 Å². The lowest BCUT2D eigenvalue weighted by atomic mass is 9.47. The number of aliphatic hydroxyl groups excluding tert-OH is 1. The quantitative estimate of drug-likeness (QED) is 0.488. The molecule has 1 heteroatoms. The molecule has 4 rings (SSSR count). The number of allylic oxidation sites excluding steroid dienone is 1. The van der Waals surface area contributed by atoms with Gasteiger partial charge in [-0.1, -0.05) is 65.5 Å². The van der Waals surface area contributed by atoms with Gasteiger partial charge in [-0.25, -0.2) is 0 Å². The topological polar surface area (TPSA) is 20.2 Å². The predicted octanol–water partition coefficient (Wildman–Crippen LogP) is 7.39. The minimum atomic E-state index is -0.0766. The van der Waals surface area contributed by atoms with Gasteiger partial charge >= 0.3 is 0 Å². The lowest BCUT2D eigenvalue weighted by Gasteiger charge is -2.58. The van der Waals surface area contributed by atoms with E-state index in [1.54, 1.807) is 5.57 Å². The van der Waals surface area contributed by atoms with Crippen molar-refractivity contribution in [3.05, 3.63) is 11.6 Å². The fourth-order valence-electron chi connectivity index (χ4n) is 8.67. The van der Waals surface area contributed by atoms with Gasteiger partial charge in [0.2, 0.25) is 0 Å². The molecular weight excluding hydrogens is 340 g/mol. The van der Waals surface area contributed by atoms with Crippen LogP contribution >= 0.6 is 0 Å². The second-order valence-electron chi connectivity index (χ2n) is 12.2. The Labute approximate surface area is 174 Å². The van der Waals surface area contributed by atoms with Gasteiger partial charge in [0.25, 0.3) is 0 Å². The summed E-state index contributed by atoms with van der Waals surface area (Å²) in [5.74, 6) is 5.46. The molecule has 0 bridgehead atoms. The highest BCUT2D eigenvalue weighted by Gasteiger charge is 2.59. The summed E-state index contributed by atoms with van der Waals surface area (Å²) in [5.41, 5.74) is 2.60. The monoisotopic (exact) mass is 386 g/mol. The van der Waals surface area contributed by atoms with Crippen molar-refractivity contribution in [3.8, 4) is 0 Å². The van der Waals surface area contributed by atoms with Gasteiger partial charge in [-0.2, -0.15) is 0 Å². The molecule has 160 valence electrons. The molecule has 8 atom stereocenters. The molecular formula is C27H46O. The fraction of sp³-hybridized carbons (Fsp3) is 0.926. The Morgan fingerprint density at radius 3 is 2.54 bits per heavy atom. The summed E-state index contributed by atoms with van der Waals surface area (Å²) in [7, 11) is 0. The molecule has 1 N–H and O–H groups in total. The average Bonchev–Trinajstić information content (AvgIpc) is 2.99. The molecule has 3 fully saturated rings. The predicted molar refractivity (Wildman–Crippen MR) is 119 cm³/mol. The molecule has 4 aliphatic carbocycles. The van der Waals surface area contributed by atoms with Gasteiger partial charge in [-0.15, -0.1) is 0 Å². The van der Waals surface area contributed by atoms with Crippen LogP contribution in [-0.2, 0) is 0 Å². The summed E-state index contributed by atoms with van der Waals surface area (Å²) in [6.45, 7) is 12.6. The minimum absolute atomic E-state index is 0.0766. The highest BCUT2D eigenvalue weighted by molar-refractivity contribution is 5.25. The molecule has 1 nitrogen and oxygen atoms in total. The summed E-state index contributed by atoms with van der Waals surface area (Å²) in [5, 5.41) is 10.2. The van der Waals surface area contributed by atoms with Gasteiger partial charge in [0.05, 0.1) is 6.10 Å². The van der Waals surface area contributed by atoms with Gasteiger partial charge < -0.3 is 5.11 Å². The van der Waals surface area contributed by atoms with Crippen LogP contribution in [-0.4, -0.2) is 11.2 Å². The molecule has 0 radical (unpaired) electrons. The van der Waals surface area contributed by atoms with E-state index in [9.17, 15) is 5.11 Å². The van der Waals surface area contributed by atoms with Crippen molar-refractivity contribution in [2.45, 2.75) is 111 Å². The van der Waals surface area contributed by atoms with Crippen molar-refractivity contribution in [1.29, 1.82) is 0 Å². The van der Waals surface area contributed by atoms with Gasteiger partial charge in [0.1, 0.15) is 0 Å². The molecule has 0 heterocycles. The highest BCUT2D eigenvalue weighted by atomic mass is 16.3. The van der Waals surface area contributed by atoms with Crippen LogP contribution in [0.1, 0.15) is 105 Å². The summed E-state index contributed by atoms with van der Waals surface area (Å²) in [6, 6.07) is 0. The second kappa shape index (κ2) is 7.75. The molecule has 4 aliphatic rings. The molecule has 0 unspecified atom stereocenters. The normalized spacial score (nSPS) is 46.5. The van der Waals surface area contributed by atoms with E-state index in [4.69, 9.17) is 0 Å². The van der Waals surface area contributed by atoms with E-state index in [-0.39, 0.29) is 6.10 Å². The molecule has 0 aliphatic heterocycles. The third-order valence-electron chi connectivity index (χ3n) is 10.3. The third-order valence-corrected chi connectivity index (χ3v) is 10.3. The van der Waals surface area contributed by atoms with E-state index in [0.29, 0.717) is 10.8 Å². The maximum Gasteiger partial charge on any atom is 0.0577 e. The first-order valence-corrected chi connectivity index (χ1v) is 12.6. The summed E-state index contributed by atoms with van der Waals surface area (Å²) in [6.07, 6.45) is 17.2. The van der Waals surface area contributed by atoms with Crippen molar-refractivity contribution < 1.29 is 5.11 Å². The van der Waals surface area contributed by atoms with E-state index >= 15 is 0 Å². The molecule has 0 spiro atoms. The highest BCUT2D eigenvalue weighted by Crippen LogP contribution is 2.67. The Morgan fingerprint density at radius 2 is 1.79 bits per heavy atom. The minimum Gasteiger partial charge on any atom is -0.393 e. The van der Waals surface area contributed by atoms with E-state index < -0.39 is 0 Å². The van der Waals surface area contributed by atoms with E-state index in [1.165, 1.54) is 57.8 Å². The zero-order valence-electron chi connectivity index (χ0n) is 19.3. The first-order valence-electron chi connectivity index (χ1n) is 12.6. The van der Waals surface area contributed by atoms with E-state index in [1.807, 2.05) is 0 Å². The fourth-order valence-corrected chi connectivity index (χ4v) is 8.67. The molecule has 28 heavy (non-hydrogen) atoms. The van der Waals surface area contributed by atoms with Gasteiger partial charge in [-0.3, -0.25) is 0 Å².